The monoisotopic (exact) mass is 453 g/mol. The molecule has 1 unspecified atom stereocenters. The smallest absolute Gasteiger partial charge is 0.305 e. The molecule has 4 aromatic carbocycles. The fraction of sp³-hybridized carbons (Fsp3) is 0.167. The number of carboxylic acids is 1. The van der Waals surface area contributed by atoms with Gasteiger partial charge in [0.15, 0.2) is 0 Å². The molecule has 0 radical (unpaired) electrons. The zero-order chi connectivity index (χ0) is 23.9. The quantitative estimate of drug-likeness (QED) is 0.290. The lowest BCUT2D eigenvalue weighted by Gasteiger charge is -2.37. The summed E-state index contributed by atoms with van der Waals surface area (Å²) in [5, 5.41) is 9.84. The lowest BCUT2D eigenvalue weighted by molar-refractivity contribution is -0.138. The van der Waals surface area contributed by atoms with Crippen molar-refractivity contribution in [1.29, 1.82) is 0 Å². The molecule has 0 saturated heterocycles. The summed E-state index contributed by atoms with van der Waals surface area (Å²) in [6.45, 7) is 2.54. The maximum Gasteiger partial charge on any atom is 0.305 e. The number of halogens is 1. The zero-order valence-corrected chi connectivity index (χ0v) is 19.1. The highest BCUT2D eigenvalue weighted by molar-refractivity contribution is 5.69. The first-order valence-corrected chi connectivity index (χ1v) is 11.4. The molecule has 34 heavy (non-hydrogen) atoms. The molecular weight excluding hydrogens is 425 g/mol. The minimum absolute atomic E-state index is 0.134. The van der Waals surface area contributed by atoms with Crippen molar-refractivity contribution in [3.05, 3.63) is 132 Å². The first-order valence-electron chi connectivity index (χ1n) is 11.4. The van der Waals surface area contributed by atoms with Crippen LogP contribution in [-0.4, -0.2) is 16.0 Å². The van der Waals surface area contributed by atoms with Crippen LogP contribution >= 0.6 is 0 Å². The van der Waals surface area contributed by atoms with Crippen molar-refractivity contribution in [3.8, 4) is 11.1 Å². The standard InChI is InChI=1S/C30H28FNO2/c1-22(24-14-7-3-8-15-24)32(21-23-12-5-2-6-13-23)28(20-29(33)34)27-19-11-18-26(30(27)31)25-16-9-4-10-17-25/h2-19,22,28H,20-21H2,1H3,(H,33,34)/t22-,28?/m1/s1. The Labute approximate surface area is 200 Å². The van der Waals surface area contributed by atoms with Gasteiger partial charge in [-0.15, -0.1) is 0 Å². The van der Waals surface area contributed by atoms with E-state index in [1.165, 1.54) is 0 Å². The van der Waals surface area contributed by atoms with E-state index in [0.29, 0.717) is 17.7 Å². The minimum atomic E-state index is -0.965. The van der Waals surface area contributed by atoms with E-state index < -0.39 is 12.0 Å². The van der Waals surface area contributed by atoms with E-state index in [2.05, 4.69) is 4.90 Å². The van der Waals surface area contributed by atoms with Crippen molar-refractivity contribution < 1.29 is 14.3 Å². The van der Waals surface area contributed by atoms with Gasteiger partial charge < -0.3 is 5.11 Å². The fourth-order valence-electron chi connectivity index (χ4n) is 4.45. The van der Waals surface area contributed by atoms with Gasteiger partial charge in [-0.1, -0.05) is 109 Å². The Kier molecular flexibility index (Phi) is 7.51. The second kappa shape index (κ2) is 10.9. The fourth-order valence-corrected chi connectivity index (χ4v) is 4.45. The third-order valence-electron chi connectivity index (χ3n) is 6.23. The summed E-state index contributed by atoms with van der Waals surface area (Å²) in [5.41, 5.74) is 3.72. The first-order chi connectivity index (χ1) is 16.5. The van der Waals surface area contributed by atoms with Crippen molar-refractivity contribution in [2.24, 2.45) is 0 Å². The van der Waals surface area contributed by atoms with E-state index in [-0.39, 0.29) is 18.3 Å². The van der Waals surface area contributed by atoms with Crippen molar-refractivity contribution in [2.45, 2.75) is 32.0 Å². The number of carboxylic acid groups (broad SMARTS) is 1. The summed E-state index contributed by atoms with van der Waals surface area (Å²) in [7, 11) is 0. The summed E-state index contributed by atoms with van der Waals surface area (Å²) in [6, 6.07) is 33.7. The van der Waals surface area contributed by atoms with E-state index in [1.54, 1.807) is 12.1 Å². The number of hydrogen-bond acceptors (Lipinski definition) is 2. The second-order valence-corrected chi connectivity index (χ2v) is 8.43. The highest BCUT2D eigenvalue weighted by atomic mass is 19.1. The Morgan fingerprint density at radius 2 is 1.41 bits per heavy atom. The lowest BCUT2D eigenvalue weighted by atomic mass is 9.93. The van der Waals surface area contributed by atoms with Crippen LogP contribution in [0.1, 0.15) is 42.1 Å². The van der Waals surface area contributed by atoms with Gasteiger partial charge in [-0.25, -0.2) is 4.39 Å². The molecule has 0 fully saturated rings. The maximum atomic E-state index is 16.0. The van der Waals surface area contributed by atoms with Crippen molar-refractivity contribution in [3.63, 3.8) is 0 Å². The van der Waals surface area contributed by atoms with Gasteiger partial charge in [-0.2, -0.15) is 0 Å². The normalized spacial score (nSPS) is 12.9. The van der Waals surface area contributed by atoms with Crippen LogP contribution in [0.15, 0.2) is 109 Å². The average molecular weight is 454 g/mol. The molecule has 1 N–H and O–H groups in total. The molecule has 0 aromatic heterocycles. The minimum Gasteiger partial charge on any atom is -0.481 e. The van der Waals surface area contributed by atoms with Crippen LogP contribution in [0, 0.1) is 5.82 Å². The average Bonchev–Trinajstić information content (AvgIpc) is 2.87. The molecule has 0 saturated carbocycles. The summed E-state index contributed by atoms with van der Waals surface area (Å²) in [4.78, 5) is 14.1. The van der Waals surface area contributed by atoms with Gasteiger partial charge in [-0.3, -0.25) is 9.69 Å². The lowest BCUT2D eigenvalue weighted by Crippen LogP contribution is -2.33. The Bertz CT molecular complexity index is 1210. The number of rotatable bonds is 9. The van der Waals surface area contributed by atoms with Crippen LogP contribution in [0.4, 0.5) is 4.39 Å². The SMILES string of the molecule is C[C@H](c1ccccc1)N(Cc1ccccc1)C(CC(=O)O)c1cccc(-c2ccccc2)c1F. The van der Waals surface area contributed by atoms with Crippen molar-refractivity contribution >= 4 is 5.97 Å². The van der Waals surface area contributed by atoms with Gasteiger partial charge in [0.1, 0.15) is 5.82 Å². The number of aliphatic carboxylic acids is 1. The van der Waals surface area contributed by atoms with Gasteiger partial charge in [0.2, 0.25) is 0 Å². The maximum absolute atomic E-state index is 16.0. The van der Waals surface area contributed by atoms with E-state index in [1.807, 2.05) is 104 Å². The van der Waals surface area contributed by atoms with Crippen molar-refractivity contribution in [2.75, 3.05) is 0 Å². The number of hydrogen-bond donors (Lipinski definition) is 1. The van der Waals surface area contributed by atoms with Crippen LogP contribution in [-0.2, 0) is 11.3 Å². The Hall–Kier alpha value is -3.76. The van der Waals surface area contributed by atoms with E-state index in [4.69, 9.17) is 0 Å². The molecule has 0 aliphatic rings. The molecule has 172 valence electrons. The van der Waals surface area contributed by atoms with Crippen LogP contribution in [0.25, 0.3) is 11.1 Å². The third kappa shape index (κ3) is 5.41. The summed E-state index contributed by atoms with van der Waals surface area (Å²) in [5.74, 6) is -1.34. The molecule has 2 atom stereocenters. The molecule has 0 amide bonds. The Balaban J connectivity index is 1.82. The van der Waals surface area contributed by atoms with E-state index >= 15 is 4.39 Å². The predicted octanol–water partition coefficient (Wildman–Crippen LogP) is 7.27. The molecule has 0 spiro atoms. The van der Waals surface area contributed by atoms with Crippen LogP contribution in [0.3, 0.4) is 0 Å². The summed E-state index contributed by atoms with van der Waals surface area (Å²) < 4.78 is 16.0. The molecule has 3 nitrogen and oxygen atoms in total. The predicted molar refractivity (Wildman–Crippen MR) is 134 cm³/mol. The molecule has 0 bridgehead atoms. The molecule has 0 heterocycles. The molecule has 4 heteroatoms. The second-order valence-electron chi connectivity index (χ2n) is 8.43. The third-order valence-corrected chi connectivity index (χ3v) is 6.23. The molecule has 0 aliphatic carbocycles. The largest absolute Gasteiger partial charge is 0.481 e. The number of benzene rings is 4. The molecule has 4 aromatic rings. The summed E-state index contributed by atoms with van der Waals surface area (Å²) in [6.07, 6.45) is -0.209. The van der Waals surface area contributed by atoms with Gasteiger partial charge >= 0.3 is 5.97 Å². The highest BCUT2D eigenvalue weighted by Crippen LogP contribution is 2.38. The molecule has 0 aliphatic heterocycles. The zero-order valence-electron chi connectivity index (χ0n) is 19.1. The topological polar surface area (TPSA) is 40.5 Å². The van der Waals surface area contributed by atoms with Gasteiger partial charge in [0.05, 0.1) is 6.42 Å². The van der Waals surface area contributed by atoms with Gasteiger partial charge in [0, 0.05) is 29.8 Å². The van der Waals surface area contributed by atoms with Gasteiger partial charge in [-0.05, 0) is 23.6 Å². The Morgan fingerprint density at radius 1 is 0.824 bits per heavy atom. The van der Waals surface area contributed by atoms with Crippen LogP contribution in [0.2, 0.25) is 0 Å². The van der Waals surface area contributed by atoms with E-state index in [0.717, 1.165) is 16.7 Å². The van der Waals surface area contributed by atoms with Gasteiger partial charge in [0.25, 0.3) is 0 Å². The molecular formula is C30H28FNO2. The van der Waals surface area contributed by atoms with E-state index in [9.17, 15) is 9.90 Å². The highest BCUT2D eigenvalue weighted by Gasteiger charge is 2.31. The first kappa shape index (κ1) is 23.4. The van der Waals surface area contributed by atoms with Crippen molar-refractivity contribution in [1.82, 2.24) is 4.90 Å². The van der Waals surface area contributed by atoms with Crippen LogP contribution in [0.5, 0.6) is 0 Å². The molecule has 4 rings (SSSR count). The number of nitrogens with zero attached hydrogens (tertiary/aromatic N) is 1. The Morgan fingerprint density at radius 3 is 2.03 bits per heavy atom. The van der Waals surface area contributed by atoms with Crippen LogP contribution < -0.4 is 0 Å². The summed E-state index contributed by atoms with van der Waals surface area (Å²) >= 11 is 0. The number of carbonyl (C=O) groups is 1.